The van der Waals surface area contributed by atoms with Gasteiger partial charge in [-0.05, 0) is 71.8 Å². The summed E-state index contributed by atoms with van der Waals surface area (Å²) >= 11 is 0. The van der Waals surface area contributed by atoms with Crippen molar-refractivity contribution in [2.24, 2.45) is 0 Å². The van der Waals surface area contributed by atoms with Crippen molar-refractivity contribution >= 4 is 32.9 Å². The number of para-hydroxylation sites is 1. The van der Waals surface area contributed by atoms with Crippen LogP contribution in [0.15, 0.2) is 181 Å². The van der Waals surface area contributed by atoms with Crippen LogP contribution in [0.4, 0.5) is 0 Å². The fourth-order valence-corrected chi connectivity index (χ4v) is 7.04. The lowest BCUT2D eigenvalue weighted by molar-refractivity contribution is 0.623. The third-order valence-electron chi connectivity index (χ3n) is 9.59. The Bertz CT molecular complexity index is 2860. The van der Waals surface area contributed by atoms with Crippen LogP contribution in [0.5, 0.6) is 0 Å². The summed E-state index contributed by atoms with van der Waals surface area (Å²) in [4.78, 5) is 19.1. The molecule has 4 aromatic heterocycles. The zero-order chi connectivity index (χ0) is 34.4. The quantitative estimate of drug-likeness (QED) is 0.176. The number of rotatable bonds is 6. The van der Waals surface area contributed by atoms with E-state index in [4.69, 9.17) is 19.4 Å². The van der Waals surface area contributed by atoms with E-state index in [0.717, 1.165) is 83.4 Å². The van der Waals surface area contributed by atoms with Crippen LogP contribution in [0.1, 0.15) is 0 Å². The summed E-state index contributed by atoms with van der Waals surface area (Å²) < 4.78 is 8.78. The molecule has 244 valence electrons. The van der Waals surface area contributed by atoms with Gasteiger partial charge in [-0.3, -0.25) is 4.98 Å². The number of aromatic nitrogens is 5. The van der Waals surface area contributed by atoms with E-state index < -0.39 is 0 Å². The molecule has 0 aliphatic heterocycles. The molecule has 10 aromatic rings. The van der Waals surface area contributed by atoms with Crippen LogP contribution in [0.25, 0.3) is 95.1 Å². The molecule has 4 heterocycles. The Morgan fingerprint density at radius 1 is 0.442 bits per heavy atom. The minimum Gasteiger partial charge on any atom is -0.435 e. The van der Waals surface area contributed by atoms with Gasteiger partial charge in [0.1, 0.15) is 5.52 Å². The minimum atomic E-state index is 0.619. The Morgan fingerprint density at radius 2 is 1.04 bits per heavy atom. The van der Waals surface area contributed by atoms with Crippen molar-refractivity contribution in [3.63, 3.8) is 0 Å². The summed E-state index contributed by atoms with van der Waals surface area (Å²) in [7, 11) is 0. The standard InChI is InChI=1S/C46H29N5O/c1-3-9-34(10-4-1)45-48-39(32-17-15-30(16-18-32)31-25-27-47-28-26-31)29-40(49-45)33-19-21-36(22-20-33)51-41-14-8-7-13-37(41)43-42(51)24-23-38-44(43)52-46(50-38)35-11-5-2-6-12-35/h1-29H. The summed E-state index contributed by atoms with van der Waals surface area (Å²) in [5.74, 6) is 1.30. The van der Waals surface area contributed by atoms with E-state index in [-0.39, 0.29) is 0 Å². The molecule has 0 saturated carbocycles. The molecule has 0 unspecified atom stereocenters. The molecule has 0 N–H and O–H groups in total. The van der Waals surface area contributed by atoms with Gasteiger partial charge in [0, 0.05) is 45.7 Å². The minimum absolute atomic E-state index is 0.619. The molecule has 6 heteroatoms. The molecule has 0 aliphatic carbocycles. The van der Waals surface area contributed by atoms with E-state index in [1.807, 2.05) is 73.1 Å². The second-order valence-electron chi connectivity index (χ2n) is 12.7. The van der Waals surface area contributed by atoms with Crippen LogP contribution in [0.2, 0.25) is 0 Å². The molecule has 0 bridgehead atoms. The van der Waals surface area contributed by atoms with Crippen molar-refractivity contribution < 1.29 is 4.42 Å². The Kier molecular flexibility index (Phi) is 7.03. The zero-order valence-electron chi connectivity index (χ0n) is 27.9. The first-order chi connectivity index (χ1) is 25.8. The monoisotopic (exact) mass is 667 g/mol. The van der Waals surface area contributed by atoms with E-state index in [9.17, 15) is 0 Å². The molecule has 0 spiro atoms. The number of oxazole rings is 1. The van der Waals surface area contributed by atoms with Gasteiger partial charge in [0.05, 0.1) is 27.8 Å². The summed E-state index contributed by atoms with van der Waals surface area (Å²) in [6.45, 7) is 0. The van der Waals surface area contributed by atoms with Crippen molar-refractivity contribution in [1.29, 1.82) is 0 Å². The molecule has 0 atom stereocenters. The SMILES string of the molecule is c1ccc(-c2nc(-c3ccc(-c4ccncc4)cc3)cc(-c3ccc(-n4c5ccccc5c5c6oc(-c7ccccc7)nc6ccc54)cc3)n2)cc1. The van der Waals surface area contributed by atoms with Crippen molar-refractivity contribution in [2.75, 3.05) is 0 Å². The van der Waals surface area contributed by atoms with Gasteiger partial charge in [-0.25, -0.2) is 15.0 Å². The van der Waals surface area contributed by atoms with E-state index in [2.05, 4.69) is 113 Å². The molecule has 0 amide bonds. The van der Waals surface area contributed by atoms with Gasteiger partial charge < -0.3 is 8.98 Å². The lowest BCUT2D eigenvalue weighted by Gasteiger charge is -2.12. The number of fused-ring (bicyclic) bond motifs is 5. The maximum Gasteiger partial charge on any atom is 0.227 e. The third-order valence-corrected chi connectivity index (χ3v) is 9.59. The highest BCUT2D eigenvalue weighted by atomic mass is 16.3. The van der Waals surface area contributed by atoms with Crippen LogP contribution in [-0.4, -0.2) is 24.5 Å². The Morgan fingerprint density at radius 3 is 1.75 bits per heavy atom. The molecule has 0 aliphatic rings. The zero-order valence-corrected chi connectivity index (χ0v) is 27.9. The van der Waals surface area contributed by atoms with Crippen molar-refractivity contribution in [1.82, 2.24) is 24.5 Å². The van der Waals surface area contributed by atoms with E-state index in [1.54, 1.807) is 0 Å². The van der Waals surface area contributed by atoms with Crippen LogP contribution in [0.3, 0.4) is 0 Å². The van der Waals surface area contributed by atoms with Crippen LogP contribution in [-0.2, 0) is 0 Å². The number of hydrogen-bond acceptors (Lipinski definition) is 5. The largest absolute Gasteiger partial charge is 0.435 e. The molecule has 10 rings (SSSR count). The lowest BCUT2D eigenvalue weighted by atomic mass is 10.0. The molecule has 0 fully saturated rings. The van der Waals surface area contributed by atoms with Gasteiger partial charge >= 0.3 is 0 Å². The molecule has 0 saturated heterocycles. The van der Waals surface area contributed by atoms with E-state index in [1.165, 1.54) is 0 Å². The Labute approximate surface area is 299 Å². The highest BCUT2D eigenvalue weighted by molar-refractivity contribution is 6.19. The summed E-state index contributed by atoms with van der Waals surface area (Å²) in [5, 5.41) is 2.17. The van der Waals surface area contributed by atoms with Gasteiger partial charge in [0.15, 0.2) is 11.4 Å². The first-order valence-corrected chi connectivity index (χ1v) is 17.2. The fraction of sp³-hybridized carbons (Fsp3) is 0. The maximum absolute atomic E-state index is 6.48. The van der Waals surface area contributed by atoms with Crippen molar-refractivity contribution in [3.8, 4) is 62.2 Å². The predicted molar refractivity (Wildman–Crippen MR) is 209 cm³/mol. The average Bonchev–Trinajstić information content (AvgIpc) is 3.82. The average molecular weight is 668 g/mol. The lowest BCUT2D eigenvalue weighted by Crippen LogP contribution is -1.97. The van der Waals surface area contributed by atoms with Crippen LogP contribution in [0, 0.1) is 0 Å². The molecule has 52 heavy (non-hydrogen) atoms. The number of hydrogen-bond donors (Lipinski definition) is 0. The van der Waals surface area contributed by atoms with Crippen LogP contribution >= 0.6 is 0 Å². The topological polar surface area (TPSA) is 69.6 Å². The molecule has 6 nitrogen and oxygen atoms in total. The number of nitrogens with zero attached hydrogens (tertiary/aromatic N) is 5. The second-order valence-corrected chi connectivity index (χ2v) is 12.7. The van der Waals surface area contributed by atoms with E-state index >= 15 is 0 Å². The summed E-state index contributed by atoms with van der Waals surface area (Å²) in [5.41, 5.74) is 12.8. The maximum atomic E-state index is 6.48. The Balaban J connectivity index is 1.07. The van der Waals surface area contributed by atoms with E-state index in [0.29, 0.717) is 11.7 Å². The molecule has 6 aromatic carbocycles. The highest BCUT2D eigenvalue weighted by Gasteiger charge is 2.19. The van der Waals surface area contributed by atoms with Gasteiger partial charge in [0.25, 0.3) is 0 Å². The van der Waals surface area contributed by atoms with Crippen molar-refractivity contribution in [2.45, 2.75) is 0 Å². The van der Waals surface area contributed by atoms with Gasteiger partial charge in [-0.1, -0.05) is 103 Å². The van der Waals surface area contributed by atoms with Gasteiger partial charge in [-0.2, -0.15) is 0 Å². The second kappa shape index (κ2) is 12.3. The van der Waals surface area contributed by atoms with Crippen LogP contribution < -0.4 is 0 Å². The summed E-state index contributed by atoms with van der Waals surface area (Å²) in [6.07, 6.45) is 3.63. The first kappa shape index (κ1) is 29.7. The highest BCUT2D eigenvalue weighted by Crippen LogP contribution is 2.39. The molecule has 0 radical (unpaired) electrons. The first-order valence-electron chi connectivity index (χ1n) is 17.2. The third kappa shape index (κ3) is 5.13. The fourth-order valence-electron chi connectivity index (χ4n) is 7.04. The van der Waals surface area contributed by atoms with Gasteiger partial charge in [0.2, 0.25) is 5.89 Å². The normalized spacial score (nSPS) is 11.5. The van der Waals surface area contributed by atoms with Gasteiger partial charge in [-0.15, -0.1) is 0 Å². The predicted octanol–water partition coefficient (Wildman–Crippen LogP) is 11.4. The van der Waals surface area contributed by atoms with Crippen molar-refractivity contribution in [3.05, 3.63) is 176 Å². The molecular weight excluding hydrogens is 639 g/mol. The number of benzene rings is 6. The number of pyridine rings is 1. The summed E-state index contributed by atoms with van der Waals surface area (Å²) in [6, 6.07) is 56.1. The molecular formula is C46H29N5O. The Hall–Kier alpha value is -7.18. The smallest absolute Gasteiger partial charge is 0.227 e.